The van der Waals surface area contributed by atoms with Crippen LogP contribution < -0.4 is 5.32 Å². The number of aromatic nitrogens is 1. The molecule has 0 saturated carbocycles. The second kappa shape index (κ2) is 5.92. The molecule has 1 aromatic carbocycles. The van der Waals surface area contributed by atoms with Gasteiger partial charge in [-0.3, -0.25) is 4.79 Å². The van der Waals surface area contributed by atoms with Gasteiger partial charge >= 0.3 is 0 Å². The highest BCUT2D eigenvalue weighted by Crippen LogP contribution is 2.26. The third-order valence-electron chi connectivity index (χ3n) is 2.88. The molecule has 1 aromatic heterocycles. The monoisotopic (exact) mass is 292 g/mol. The molecule has 0 radical (unpaired) electrons. The number of carbonyl (C=O) groups excluding carboxylic acids is 1. The Bertz CT molecular complexity index is 625. The summed E-state index contributed by atoms with van der Waals surface area (Å²) in [4.78, 5) is 16.2. The van der Waals surface area contributed by atoms with Gasteiger partial charge < -0.3 is 15.5 Å². The van der Waals surface area contributed by atoms with Crippen LogP contribution in [-0.4, -0.2) is 21.1 Å². The topological polar surface area (TPSA) is 82.5 Å². The van der Waals surface area contributed by atoms with Crippen LogP contribution in [0.2, 0.25) is 0 Å². The maximum Gasteiger partial charge on any atom is 0.229 e. The third-order valence-corrected chi connectivity index (χ3v) is 3.75. The summed E-state index contributed by atoms with van der Waals surface area (Å²) in [7, 11) is 0. The molecule has 1 atom stereocenters. The average Bonchev–Trinajstić information content (AvgIpc) is 2.79. The van der Waals surface area contributed by atoms with Gasteiger partial charge in [0.05, 0.1) is 5.69 Å². The molecule has 2 rings (SSSR count). The van der Waals surface area contributed by atoms with Gasteiger partial charge in [0.25, 0.3) is 0 Å². The number of carbonyl (C=O) groups is 1. The predicted molar refractivity (Wildman–Crippen MR) is 78.1 cm³/mol. The Morgan fingerprint density at radius 1 is 1.40 bits per heavy atom. The Kier molecular flexibility index (Phi) is 4.24. The van der Waals surface area contributed by atoms with Gasteiger partial charge in [-0.2, -0.15) is 0 Å². The molecule has 6 heteroatoms. The molecule has 2 aromatic rings. The molecule has 1 unspecified atom stereocenters. The summed E-state index contributed by atoms with van der Waals surface area (Å²) in [6.45, 7) is 3.68. The van der Waals surface area contributed by atoms with Crippen LogP contribution in [0, 0.1) is 12.8 Å². The Morgan fingerprint density at radius 2 is 2.15 bits per heavy atom. The molecule has 1 amide bonds. The molecular weight excluding hydrogens is 276 g/mol. The first kappa shape index (κ1) is 14.3. The van der Waals surface area contributed by atoms with Gasteiger partial charge in [-0.15, -0.1) is 11.3 Å². The van der Waals surface area contributed by atoms with Gasteiger partial charge in [0.15, 0.2) is 16.6 Å². The predicted octanol–water partition coefficient (Wildman–Crippen LogP) is 2.68. The third kappa shape index (κ3) is 3.48. The number of phenols is 2. The highest BCUT2D eigenvalue weighted by atomic mass is 32.1. The molecule has 1 heterocycles. The van der Waals surface area contributed by atoms with Crippen LogP contribution in [0.5, 0.6) is 11.5 Å². The number of hydrogen-bond acceptors (Lipinski definition) is 5. The van der Waals surface area contributed by atoms with E-state index in [4.69, 9.17) is 0 Å². The molecule has 0 aliphatic carbocycles. The van der Waals surface area contributed by atoms with Crippen molar-refractivity contribution in [1.29, 1.82) is 0 Å². The summed E-state index contributed by atoms with van der Waals surface area (Å²) >= 11 is 1.39. The average molecular weight is 292 g/mol. The first-order valence-corrected chi connectivity index (χ1v) is 7.07. The number of nitrogens with one attached hydrogen (secondary N) is 1. The van der Waals surface area contributed by atoms with Crippen molar-refractivity contribution in [2.24, 2.45) is 5.92 Å². The minimum absolute atomic E-state index is 0.119. The largest absolute Gasteiger partial charge is 0.504 e. The maximum absolute atomic E-state index is 12.0. The fraction of sp³-hybridized carbons (Fsp3) is 0.286. The van der Waals surface area contributed by atoms with Crippen molar-refractivity contribution in [2.45, 2.75) is 20.3 Å². The Balaban J connectivity index is 1.98. The number of hydrogen-bond donors (Lipinski definition) is 3. The molecule has 0 aliphatic rings. The molecule has 106 valence electrons. The fourth-order valence-electron chi connectivity index (χ4n) is 1.78. The smallest absolute Gasteiger partial charge is 0.229 e. The van der Waals surface area contributed by atoms with E-state index in [9.17, 15) is 15.0 Å². The Labute approximate surface area is 120 Å². The summed E-state index contributed by atoms with van der Waals surface area (Å²) in [6.07, 6.45) is 0.476. The summed E-state index contributed by atoms with van der Waals surface area (Å²) < 4.78 is 0. The summed E-state index contributed by atoms with van der Waals surface area (Å²) in [5.41, 5.74) is 1.67. The highest BCUT2D eigenvalue weighted by molar-refractivity contribution is 7.13. The number of phenolic OH excluding ortho intramolecular Hbond substituents is 2. The number of anilines is 1. The van der Waals surface area contributed by atoms with Crippen LogP contribution in [-0.2, 0) is 11.2 Å². The van der Waals surface area contributed by atoms with Gasteiger partial charge in [-0.1, -0.05) is 13.0 Å². The van der Waals surface area contributed by atoms with Crippen molar-refractivity contribution in [3.05, 3.63) is 34.8 Å². The molecule has 0 aliphatic heterocycles. The maximum atomic E-state index is 12.0. The molecule has 0 saturated heterocycles. The van der Waals surface area contributed by atoms with Gasteiger partial charge in [0, 0.05) is 11.3 Å². The van der Waals surface area contributed by atoms with E-state index in [1.165, 1.54) is 23.5 Å². The van der Waals surface area contributed by atoms with E-state index >= 15 is 0 Å². The van der Waals surface area contributed by atoms with E-state index in [0.717, 1.165) is 11.3 Å². The second-order valence-corrected chi connectivity index (χ2v) is 5.57. The zero-order valence-corrected chi connectivity index (χ0v) is 12.1. The lowest BCUT2D eigenvalue weighted by Gasteiger charge is -2.11. The standard InChI is InChI=1S/C14H16N2O3S/c1-8(5-10-3-4-11(17)12(18)6-10)13(19)16-14-15-9(2)7-20-14/h3-4,6-8,17-18H,5H2,1-2H3,(H,15,16,19). The molecule has 5 nitrogen and oxygen atoms in total. The highest BCUT2D eigenvalue weighted by Gasteiger charge is 2.15. The van der Waals surface area contributed by atoms with Crippen LogP contribution in [0.3, 0.4) is 0 Å². The zero-order chi connectivity index (χ0) is 14.7. The number of nitrogens with zero attached hydrogens (tertiary/aromatic N) is 1. The minimum Gasteiger partial charge on any atom is -0.504 e. The van der Waals surface area contributed by atoms with Crippen molar-refractivity contribution in [3.63, 3.8) is 0 Å². The molecule has 20 heavy (non-hydrogen) atoms. The molecule has 3 N–H and O–H groups in total. The summed E-state index contributed by atoms with van der Waals surface area (Å²) in [5, 5.41) is 23.9. The first-order chi connectivity index (χ1) is 9.45. The van der Waals surface area contributed by atoms with Crippen molar-refractivity contribution in [2.75, 3.05) is 5.32 Å². The number of thiazole rings is 1. The molecular formula is C14H16N2O3S. The van der Waals surface area contributed by atoms with Crippen LogP contribution in [0.25, 0.3) is 0 Å². The van der Waals surface area contributed by atoms with Crippen molar-refractivity contribution < 1.29 is 15.0 Å². The van der Waals surface area contributed by atoms with Crippen molar-refractivity contribution in [3.8, 4) is 11.5 Å². The van der Waals surface area contributed by atoms with Crippen LogP contribution in [0.1, 0.15) is 18.2 Å². The number of amides is 1. The van der Waals surface area contributed by atoms with E-state index < -0.39 is 0 Å². The van der Waals surface area contributed by atoms with Crippen LogP contribution in [0.15, 0.2) is 23.6 Å². The number of aryl methyl sites for hydroxylation is 1. The van der Waals surface area contributed by atoms with Gasteiger partial charge in [0.1, 0.15) is 0 Å². The Hall–Kier alpha value is -2.08. The quantitative estimate of drug-likeness (QED) is 0.757. The van der Waals surface area contributed by atoms with Crippen molar-refractivity contribution >= 4 is 22.4 Å². The van der Waals surface area contributed by atoms with Crippen LogP contribution in [0.4, 0.5) is 5.13 Å². The number of aromatic hydroxyl groups is 2. The first-order valence-electron chi connectivity index (χ1n) is 6.19. The van der Waals surface area contributed by atoms with Gasteiger partial charge in [-0.25, -0.2) is 4.98 Å². The lowest BCUT2D eigenvalue weighted by Crippen LogP contribution is -2.22. The fourth-order valence-corrected chi connectivity index (χ4v) is 2.47. The summed E-state index contributed by atoms with van der Waals surface area (Å²) in [6, 6.07) is 4.57. The van der Waals surface area contributed by atoms with E-state index in [-0.39, 0.29) is 23.3 Å². The molecule has 0 bridgehead atoms. The number of rotatable bonds is 4. The SMILES string of the molecule is Cc1csc(NC(=O)C(C)Cc2ccc(O)c(O)c2)n1. The zero-order valence-electron chi connectivity index (χ0n) is 11.3. The van der Waals surface area contributed by atoms with Crippen molar-refractivity contribution in [1.82, 2.24) is 4.98 Å². The molecule has 0 spiro atoms. The van der Waals surface area contributed by atoms with E-state index in [1.807, 2.05) is 12.3 Å². The lowest BCUT2D eigenvalue weighted by molar-refractivity contribution is -0.119. The normalized spacial score (nSPS) is 12.1. The van der Waals surface area contributed by atoms with E-state index in [1.54, 1.807) is 13.0 Å². The summed E-state index contributed by atoms with van der Waals surface area (Å²) in [5.74, 6) is -0.718. The second-order valence-electron chi connectivity index (χ2n) is 4.71. The minimum atomic E-state index is -0.261. The van der Waals surface area contributed by atoms with Gasteiger partial charge in [0.2, 0.25) is 5.91 Å². The van der Waals surface area contributed by atoms with Gasteiger partial charge in [-0.05, 0) is 31.0 Å². The Morgan fingerprint density at radius 3 is 2.75 bits per heavy atom. The number of benzene rings is 1. The van der Waals surface area contributed by atoms with E-state index in [2.05, 4.69) is 10.3 Å². The van der Waals surface area contributed by atoms with Crippen LogP contribution >= 0.6 is 11.3 Å². The van der Waals surface area contributed by atoms with E-state index in [0.29, 0.717) is 11.6 Å². The lowest BCUT2D eigenvalue weighted by atomic mass is 10.00. The molecule has 0 fully saturated rings.